The van der Waals surface area contributed by atoms with E-state index in [1.807, 2.05) is 0 Å². The van der Waals surface area contributed by atoms with Crippen molar-refractivity contribution in [2.45, 2.75) is 39.0 Å². The van der Waals surface area contributed by atoms with Crippen molar-refractivity contribution in [3.05, 3.63) is 102 Å². The third-order valence-electron chi connectivity index (χ3n) is 6.28. The molecule has 0 bridgehead atoms. The molecular weight excluding hydrogens is 478 g/mol. The number of nitro benzene ring substituents is 3. The summed E-state index contributed by atoms with van der Waals surface area (Å²) in [4.78, 5) is 32.9. The first-order valence-corrected chi connectivity index (χ1v) is 12.0. The molecule has 3 aromatic carbocycles. The summed E-state index contributed by atoms with van der Waals surface area (Å²) in [5, 5.41) is 34.8. The number of unbranched alkanes of at least 4 members (excludes halogenated alkanes) is 4. The Morgan fingerprint density at radius 3 is 2.05 bits per heavy atom. The molecule has 0 saturated carbocycles. The van der Waals surface area contributed by atoms with Crippen LogP contribution in [0.1, 0.15) is 55.7 Å². The number of nitro groups is 3. The van der Waals surface area contributed by atoms with Crippen LogP contribution in [0.25, 0.3) is 22.8 Å². The summed E-state index contributed by atoms with van der Waals surface area (Å²) in [6.45, 7) is 2.78. The second-order valence-electron chi connectivity index (χ2n) is 8.78. The average molecular weight is 504 g/mol. The molecule has 0 saturated heterocycles. The Kier molecular flexibility index (Phi) is 7.57. The van der Waals surface area contributed by atoms with Crippen molar-refractivity contribution in [3.63, 3.8) is 0 Å². The van der Waals surface area contributed by atoms with Crippen LogP contribution in [0.5, 0.6) is 5.75 Å². The summed E-state index contributed by atoms with van der Waals surface area (Å²) < 4.78 is 5.80. The topological polar surface area (TPSA) is 139 Å². The fourth-order valence-corrected chi connectivity index (χ4v) is 4.47. The van der Waals surface area contributed by atoms with E-state index in [0.717, 1.165) is 18.9 Å². The summed E-state index contributed by atoms with van der Waals surface area (Å²) in [5.41, 5.74) is 1.41. The molecule has 0 amide bonds. The molecular formula is C27H25N3O7. The average Bonchev–Trinajstić information content (AvgIpc) is 3.19. The predicted molar refractivity (Wildman–Crippen MR) is 140 cm³/mol. The third-order valence-corrected chi connectivity index (χ3v) is 6.28. The molecule has 1 aliphatic carbocycles. The lowest BCUT2D eigenvalue weighted by Crippen LogP contribution is -1.97. The highest BCUT2D eigenvalue weighted by Crippen LogP contribution is 2.51. The summed E-state index contributed by atoms with van der Waals surface area (Å²) in [6.07, 6.45) is 7.38. The van der Waals surface area contributed by atoms with Gasteiger partial charge in [-0.25, -0.2) is 0 Å². The van der Waals surface area contributed by atoms with Crippen LogP contribution >= 0.6 is 0 Å². The van der Waals surface area contributed by atoms with Crippen LogP contribution in [0.2, 0.25) is 0 Å². The molecule has 10 heteroatoms. The van der Waals surface area contributed by atoms with Crippen LogP contribution < -0.4 is 4.74 Å². The molecule has 0 N–H and O–H groups in total. The zero-order valence-electron chi connectivity index (χ0n) is 20.2. The maximum absolute atomic E-state index is 11.8. The predicted octanol–water partition coefficient (Wildman–Crippen LogP) is 7.33. The van der Waals surface area contributed by atoms with Crippen molar-refractivity contribution in [1.82, 2.24) is 0 Å². The molecule has 0 aromatic heterocycles. The quantitative estimate of drug-likeness (QED) is 0.119. The highest BCUT2D eigenvalue weighted by Gasteiger charge is 2.34. The number of rotatable bonds is 11. The molecule has 4 rings (SSSR count). The smallest absolute Gasteiger partial charge is 0.284 e. The van der Waals surface area contributed by atoms with E-state index >= 15 is 0 Å². The van der Waals surface area contributed by atoms with Gasteiger partial charge in [-0.1, -0.05) is 44.7 Å². The molecule has 37 heavy (non-hydrogen) atoms. The van der Waals surface area contributed by atoms with Crippen LogP contribution in [0, 0.1) is 30.3 Å². The summed E-state index contributed by atoms with van der Waals surface area (Å²) >= 11 is 0. The lowest BCUT2D eigenvalue weighted by atomic mass is 10.00. The van der Waals surface area contributed by atoms with Gasteiger partial charge in [0.15, 0.2) is 0 Å². The van der Waals surface area contributed by atoms with Gasteiger partial charge in [0.2, 0.25) is 0 Å². The Bertz CT molecular complexity index is 1400. The molecule has 10 nitrogen and oxygen atoms in total. The number of benzene rings is 3. The monoisotopic (exact) mass is 503 g/mol. The zero-order valence-corrected chi connectivity index (χ0v) is 20.2. The Morgan fingerprint density at radius 1 is 0.730 bits per heavy atom. The number of non-ortho nitro benzene ring substituents is 2. The minimum atomic E-state index is -0.690. The van der Waals surface area contributed by atoms with Crippen molar-refractivity contribution >= 4 is 28.7 Å². The van der Waals surface area contributed by atoms with E-state index in [4.69, 9.17) is 4.74 Å². The second kappa shape index (κ2) is 11.0. The van der Waals surface area contributed by atoms with Crippen LogP contribution in [0.4, 0.5) is 17.1 Å². The number of ether oxygens (including phenoxy) is 1. The Balaban J connectivity index is 1.72. The summed E-state index contributed by atoms with van der Waals surface area (Å²) in [7, 11) is 0. The van der Waals surface area contributed by atoms with Crippen LogP contribution in [0.3, 0.4) is 0 Å². The number of hydrogen-bond donors (Lipinski definition) is 0. The van der Waals surface area contributed by atoms with Crippen molar-refractivity contribution in [3.8, 4) is 16.9 Å². The van der Waals surface area contributed by atoms with E-state index in [-0.39, 0.29) is 16.8 Å². The molecule has 0 atom stereocenters. The SMILES string of the molecule is CCCCCCCOc1ccc(/C=C2\c3cc([N+](=O)[O-])ccc3-c3c2cc([N+](=O)[O-])cc3[N+](=O)[O-])cc1. The first kappa shape index (κ1) is 25.5. The lowest BCUT2D eigenvalue weighted by molar-refractivity contribution is -0.393. The Morgan fingerprint density at radius 2 is 1.41 bits per heavy atom. The molecule has 190 valence electrons. The van der Waals surface area contributed by atoms with Crippen molar-refractivity contribution in [1.29, 1.82) is 0 Å². The molecule has 0 fully saturated rings. The van der Waals surface area contributed by atoms with Gasteiger partial charge in [-0.15, -0.1) is 0 Å². The zero-order chi connectivity index (χ0) is 26.5. The lowest BCUT2D eigenvalue weighted by Gasteiger charge is -2.07. The summed E-state index contributed by atoms with van der Waals surface area (Å²) in [5.74, 6) is 0.701. The molecule has 0 heterocycles. The first-order chi connectivity index (χ1) is 17.8. The van der Waals surface area contributed by atoms with Crippen LogP contribution in [0.15, 0.2) is 54.6 Å². The maximum Gasteiger partial charge on any atom is 0.284 e. The normalized spacial score (nSPS) is 12.7. The first-order valence-electron chi connectivity index (χ1n) is 12.0. The van der Waals surface area contributed by atoms with Crippen molar-refractivity contribution in [2.75, 3.05) is 6.61 Å². The van der Waals surface area contributed by atoms with Gasteiger partial charge in [-0.3, -0.25) is 30.3 Å². The second-order valence-corrected chi connectivity index (χ2v) is 8.78. The van der Waals surface area contributed by atoms with Gasteiger partial charge < -0.3 is 4.74 Å². The molecule has 1 aliphatic rings. The van der Waals surface area contributed by atoms with E-state index in [9.17, 15) is 30.3 Å². The molecule has 0 radical (unpaired) electrons. The van der Waals surface area contributed by atoms with E-state index in [1.54, 1.807) is 30.3 Å². The third kappa shape index (κ3) is 5.48. The van der Waals surface area contributed by atoms with Gasteiger partial charge in [0.1, 0.15) is 5.75 Å². The number of nitrogens with zero attached hydrogens (tertiary/aromatic N) is 3. The minimum Gasteiger partial charge on any atom is -0.494 e. The Hall–Kier alpha value is -4.60. The van der Waals surface area contributed by atoms with E-state index in [1.165, 1.54) is 43.5 Å². The van der Waals surface area contributed by atoms with E-state index < -0.39 is 26.1 Å². The van der Waals surface area contributed by atoms with Gasteiger partial charge in [0.05, 0.1) is 33.0 Å². The van der Waals surface area contributed by atoms with Crippen molar-refractivity contribution < 1.29 is 19.5 Å². The minimum absolute atomic E-state index is 0.183. The molecule has 3 aromatic rings. The Labute approximate surface area is 212 Å². The van der Waals surface area contributed by atoms with Gasteiger partial charge >= 0.3 is 0 Å². The molecule has 0 spiro atoms. The highest BCUT2D eigenvalue weighted by molar-refractivity contribution is 6.09. The maximum atomic E-state index is 11.8. The van der Waals surface area contributed by atoms with Crippen LogP contribution in [-0.4, -0.2) is 21.4 Å². The highest BCUT2D eigenvalue weighted by atomic mass is 16.6. The molecule has 0 unspecified atom stereocenters. The fraction of sp³-hybridized carbons (Fsp3) is 0.259. The van der Waals surface area contributed by atoms with Gasteiger partial charge in [-0.05, 0) is 53.0 Å². The largest absolute Gasteiger partial charge is 0.494 e. The summed E-state index contributed by atoms with van der Waals surface area (Å²) in [6, 6.07) is 13.5. The van der Waals surface area contributed by atoms with Crippen molar-refractivity contribution in [2.24, 2.45) is 0 Å². The van der Waals surface area contributed by atoms with E-state index in [0.29, 0.717) is 34.6 Å². The fourth-order valence-electron chi connectivity index (χ4n) is 4.47. The van der Waals surface area contributed by atoms with Crippen LogP contribution in [-0.2, 0) is 0 Å². The van der Waals surface area contributed by atoms with Gasteiger partial charge in [-0.2, -0.15) is 0 Å². The van der Waals surface area contributed by atoms with Gasteiger partial charge in [0, 0.05) is 23.8 Å². The number of hydrogen-bond acceptors (Lipinski definition) is 7. The van der Waals surface area contributed by atoms with E-state index in [2.05, 4.69) is 6.92 Å². The van der Waals surface area contributed by atoms with Gasteiger partial charge in [0.25, 0.3) is 17.1 Å². The standard InChI is InChI=1S/C27H25N3O7/c1-2-3-4-5-6-13-37-21-10-7-18(8-11-21)14-23-24-15-19(28(31)32)9-12-22(24)27-25(23)16-20(29(33)34)17-26(27)30(35)36/h7-12,14-17H,2-6,13H2,1H3/b23-14+. The number of fused-ring (bicyclic) bond motifs is 3. The molecule has 0 aliphatic heterocycles.